The van der Waals surface area contributed by atoms with Gasteiger partial charge >= 0.3 is 0 Å². The van der Waals surface area contributed by atoms with Crippen molar-refractivity contribution in [3.8, 4) is 10.6 Å². The quantitative estimate of drug-likeness (QED) is 0.251. The van der Waals surface area contributed by atoms with E-state index in [2.05, 4.69) is 25.8 Å². The van der Waals surface area contributed by atoms with Gasteiger partial charge in [0.15, 0.2) is 5.76 Å². The second-order valence-electron chi connectivity index (χ2n) is 10.4. The number of aryl methyl sites for hydroxylation is 1. The van der Waals surface area contributed by atoms with Gasteiger partial charge in [0.25, 0.3) is 5.91 Å². The smallest absolute Gasteiger partial charge is 0.294 e. The first-order chi connectivity index (χ1) is 18.5. The maximum absolute atomic E-state index is 14.1. The zero-order valence-corrected chi connectivity index (χ0v) is 23.4. The summed E-state index contributed by atoms with van der Waals surface area (Å²) in [5.74, 6) is -2.55. The van der Waals surface area contributed by atoms with E-state index in [1.54, 1.807) is 6.92 Å². The third-order valence-electron chi connectivity index (χ3n) is 6.75. The van der Waals surface area contributed by atoms with Crippen molar-refractivity contribution in [2.24, 2.45) is 0 Å². The highest BCUT2D eigenvalue weighted by molar-refractivity contribution is 7.17. The highest BCUT2D eigenvalue weighted by Gasteiger charge is 2.45. The van der Waals surface area contributed by atoms with Gasteiger partial charge in [-0.05, 0) is 41.7 Å². The van der Waals surface area contributed by atoms with Crippen molar-refractivity contribution in [2.75, 3.05) is 4.90 Å². The van der Waals surface area contributed by atoms with Gasteiger partial charge < -0.3 is 5.11 Å². The largest absolute Gasteiger partial charge is 0.503 e. The molecule has 1 N–H and O–H groups in total. The van der Waals surface area contributed by atoms with Crippen LogP contribution in [0.2, 0.25) is 5.02 Å². The average Bonchev–Trinajstić information content (AvgIpc) is 3.42. The number of halogens is 2. The van der Waals surface area contributed by atoms with Gasteiger partial charge in [0, 0.05) is 11.3 Å². The summed E-state index contributed by atoms with van der Waals surface area (Å²) in [7, 11) is 0. The summed E-state index contributed by atoms with van der Waals surface area (Å²) in [5, 5.41) is 11.6. The lowest BCUT2D eigenvalue weighted by Gasteiger charge is -2.28. The standard InChI is InChI=1S/C31H26ClFN2O3S/c1-17-28(39-29(34-17)19-8-6-5-7-9-19)26(36)24-25(18-10-12-20(13-11-18)31(2,3)4)35(30(38)27(24)37)21-14-15-23(33)22(32)16-21/h5-16,25,37H,1-4H3. The Hall–Kier alpha value is -3.81. The lowest BCUT2D eigenvalue weighted by Crippen LogP contribution is -2.31. The van der Waals surface area contributed by atoms with E-state index in [4.69, 9.17) is 11.6 Å². The fourth-order valence-electron chi connectivity index (χ4n) is 4.65. The molecule has 0 aliphatic carbocycles. The van der Waals surface area contributed by atoms with E-state index in [0.717, 1.165) is 17.2 Å². The monoisotopic (exact) mass is 560 g/mol. The van der Waals surface area contributed by atoms with Crippen LogP contribution in [0.15, 0.2) is 84.1 Å². The molecule has 0 spiro atoms. The number of hydrogen-bond donors (Lipinski definition) is 1. The molecule has 5 nitrogen and oxygen atoms in total. The van der Waals surface area contributed by atoms with Gasteiger partial charge in [0.1, 0.15) is 10.8 Å². The number of Topliss-reactive ketones (excluding diaryl/α,β-unsaturated/α-hetero) is 1. The van der Waals surface area contributed by atoms with Gasteiger partial charge in [-0.3, -0.25) is 14.5 Å². The fraction of sp³-hybridized carbons (Fsp3) is 0.194. The molecule has 1 atom stereocenters. The molecule has 1 aliphatic heterocycles. The minimum atomic E-state index is -0.956. The minimum Gasteiger partial charge on any atom is -0.503 e. The number of ketones is 1. The minimum absolute atomic E-state index is 0.0599. The molecular formula is C31H26ClFN2O3S. The number of nitrogens with zero attached hydrogens (tertiary/aromatic N) is 2. The number of rotatable bonds is 5. The van der Waals surface area contributed by atoms with Gasteiger partial charge in [0.05, 0.1) is 27.2 Å². The van der Waals surface area contributed by atoms with E-state index in [9.17, 15) is 19.1 Å². The average molecular weight is 561 g/mol. The van der Waals surface area contributed by atoms with Crippen molar-refractivity contribution in [3.63, 3.8) is 0 Å². The number of aliphatic hydroxyl groups is 1. The van der Waals surface area contributed by atoms with Crippen molar-refractivity contribution in [1.82, 2.24) is 4.98 Å². The first kappa shape index (κ1) is 26.8. The van der Waals surface area contributed by atoms with Crippen LogP contribution in [0.25, 0.3) is 10.6 Å². The Morgan fingerprint density at radius 1 is 1.05 bits per heavy atom. The molecular weight excluding hydrogens is 535 g/mol. The van der Waals surface area contributed by atoms with E-state index in [0.29, 0.717) is 21.1 Å². The number of carbonyl (C=O) groups excluding carboxylic acids is 2. The molecule has 1 aromatic heterocycles. The summed E-state index contributed by atoms with van der Waals surface area (Å²) >= 11 is 7.26. The second-order valence-corrected chi connectivity index (χ2v) is 11.8. The third kappa shape index (κ3) is 4.88. The van der Waals surface area contributed by atoms with E-state index in [-0.39, 0.29) is 21.7 Å². The van der Waals surface area contributed by atoms with Crippen molar-refractivity contribution >= 4 is 40.3 Å². The Kier molecular flexibility index (Phi) is 6.91. The Labute approximate surface area is 235 Å². The number of aliphatic hydroxyl groups excluding tert-OH is 1. The normalized spacial score (nSPS) is 15.8. The number of benzene rings is 3. The number of hydrogen-bond acceptors (Lipinski definition) is 5. The lowest BCUT2D eigenvalue weighted by atomic mass is 9.85. The van der Waals surface area contributed by atoms with Crippen LogP contribution >= 0.6 is 22.9 Å². The van der Waals surface area contributed by atoms with Crippen LogP contribution < -0.4 is 4.90 Å². The van der Waals surface area contributed by atoms with E-state index >= 15 is 0 Å². The molecule has 2 heterocycles. The SMILES string of the molecule is Cc1nc(-c2ccccc2)sc1C(=O)C1=C(O)C(=O)N(c2ccc(F)c(Cl)c2)C1c1ccc(C(C)(C)C)cc1. The van der Waals surface area contributed by atoms with Crippen LogP contribution in [0.1, 0.15) is 53.3 Å². The summed E-state index contributed by atoms with van der Waals surface area (Å²) in [6.45, 7) is 8.00. The molecule has 1 amide bonds. The maximum Gasteiger partial charge on any atom is 0.294 e. The van der Waals surface area contributed by atoms with Crippen LogP contribution in [0.4, 0.5) is 10.1 Å². The molecule has 39 heavy (non-hydrogen) atoms. The number of thiazole rings is 1. The van der Waals surface area contributed by atoms with Crippen LogP contribution in [-0.4, -0.2) is 21.8 Å². The Bertz CT molecular complexity index is 1620. The molecule has 0 saturated carbocycles. The van der Waals surface area contributed by atoms with Gasteiger partial charge in [-0.1, -0.05) is 87.0 Å². The number of amides is 1. The summed E-state index contributed by atoms with van der Waals surface area (Å²) in [5.41, 5.74) is 3.14. The van der Waals surface area contributed by atoms with Crippen LogP contribution in [0.3, 0.4) is 0 Å². The molecule has 4 aromatic rings. The summed E-state index contributed by atoms with van der Waals surface area (Å²) in [6.07, 6.45) is 0. The highest BCUT2D eigenvalue weighted by atomic mass is 35.5. The van der Waals surface area contributed by atoms with Crippen molar-refractivity contribution in [2.45, 2.75) is 39.2 Å². The van der Waals surface area contributed by atoms with Crippen molar-refractivity contribution in [3.05, 3.63) is 117 Å². The molecule has 5 rings (SSSR count). The molecule has 8 heteroatoms. The van der Waals surface area contributed by atoms with E-state index < -0.39 is 29.3 Å². The van der Waals surface area contributed by atoms with E-state index in [1.807, 2.05) is 54.6 Å². The summed E-state index contributed by atoms with van der Waals surface area (Å²) < 4.78 is 14.0. The molecule has 0 radical (unpaired) electrons. The fourth-order valence-corrected chi connectivity index (χ4v) is 5.85. The highest BCUT2D eigenvalue weighted by Crippen LogP contribution is 2.44. The molecule has 198 valence electrons. The van der Waals surface area contributed by atoms with Crippen LogP contribution in [0, 0.1) is 12.7 Å². The molecule has 1 aliphatic rings. The molecule has 3 aromatic carbocycles. The summed E-state index contributed by atoms with van der Waals surface area (Å²) in [6, 6.07) is 20.0. The summed E-state index contributed by atoms with van der Waals surface area (Å²) in [4.78, 5) is 33.8. The van der Waals surface area contributed by atoms with Gasteiger partial charge in [-0.15, -0.1) is 11.3 Å². The van der Waals surface area contributed by atoms with Gasteiger partial charge in [-0.2, -0.15) is 0 Å². The maximum atomic E-state index is 14.1. The van der Waals surface area contributed by atoms with Crippen LogP contribution in [-0.2, 0) is 10.2 Å². The van der Waals surface area contributed by atoms with Crippen molar-refractivity contribution < 1.29 is 19.1 Å². The first-order valence-electron chi connectivity index (χ1n) is 12.4. The zero-order chi connectivity index (χ0) is 28.1. The van der Waals surface area contributed by atoms with Gasteiger partial charge in [-0.25, -0.2) is 9.37 Å². The molecule has 1 unspecified atom stereocenters. The van der Waals surface area contributed by atoms with Crippen molar-refractivity contribution in [1.29, 1.82) is 0 Å². The lowest BCUT2D eigenvalue weighted by molar-refractivity contribution is -0.117. The molecule has 0 fully saturated rings. The van der Waals surface area contributed by atoms with E-state index in [1.165, 1.54) is 28.4 Å². The Morgan fingerprint density at radius 3 is 2.33 bits per heavy atom. The Morgan fingerprint density at radius 2 is 1.72 bits per heavy atom. The zero-order valence-electron chi connectivity index (χ0n) is 21.8. The number of aromatic nitrogens is 1. The predicted molar refractivity (Wildman–Crippen MR) is 153 cm³/mol. The molecule has 0 saturated heterocycles. The number of anilines is 1. The van der Waals surface area contributed by atoms with Crippen LogP contribution in [0.5, 0.6) is 0 Å². The second kappa shape index (κ2) is 10.1. The third-order valence-corrected chi connectivity index (χ3v) is 8.25. The topological polar surface area (TPSA) is 70.5 Å². The number of carbonyl (C=O) groups is 2. The van der Waals surface area contributed by atoms with Gasteiger partial charge in [0.2, 0.25) is 5.78 Å². The first-order valence-corrected chi connectivity index (χ1v) is 13.6. The molecule has 0 bridgehead atoms. The predicted octanol–water partition coefficient (Wildman–Crippen LogP) is 7.99. The Balaban J connectivity index is 1.64.